The summed E-state index contributed by atoms with van der Waals surface area (Å²) in [5.41, 5.74) is 6.87. The predicted molar refractivity (Wildman–Crippen MR) is 131 cm³/mol. The second kappa shape index (κ2) is 9.18. The molecule has 138 valence electrons. The quantitative estimate of drug-likeness (QED) is 0.241. The molecule has 0 nitrogen and oxygen atoms in total. The molecule has 0 aliphatic carbocycles. The summed E-state index contributed by atoms with van der Waals surface area (Å²) in [6.07, 6.45) is 0. The Bertz CT molecular complexity index is 992. The van der Waals surface area contributed by atoms with Crippen LogP contribution in [-0.4, -0.2) is 0 Å². The number of thiophene rings is 2. The Balaban J connectivity index is 0.000000156. The maximum atomic E-state index is 2.43. The topological polar surface area (TPSA) is 0 Å². The van der Waals surface area contributed by atoms with Crippen molar-refractivity contribution >= 4 is 45.3 Å². The third kappa shape index (κ3) is 4.71. The fourth-order valence-corrected chi connectivity index (χ4v) is 5.82. The third-order valence-corrected chi connectivity index (χ3v) is 8.76. The Hall–Kier alpha value is -1.43. The molecule has 0 aliphatic rings. The molecule has 2 heterocycles. The highest BCUT2D eigenvalue weighted by molar-refractivity contribution is 14.1. The maximum Gasteiger partial charge on any atom is 0.0385 e. The Kier molecular flexibility index (Phi) is 6.90. The van der Waals surface area contributed by atoms with Crippen LogP contribution in [0.15, 0.2) is 66.0 Å². The van der Waals surface area contributed by atoms with Crippen LogP contribution in [0.4, 0.5) is 0 Å². The average molecular weight is 502 g/mol. The standard InChI is InChI=1S/C12H11IS.C12H12S/c1-8-11(13)9(2)14-12(8)10-6-4-3-5-7-10;1-9-8-13-10(2)12(9)11-6-4-3-5-7-11/h3-7H,1-2H3;3-8H,1-2H3. The zero-order valence-corrected chi connectivity index (χ0v) is 19.8. The molecule has 0 N–H and O–H groups in total. The van der Waals surface area contributed by atoms with E-state index in [1.165, 1.54) is 46.0 Å². The molecular formula is C24H23IS2. The van der Waals surface area contributed by atoms with Gasteiger partial charge in [0.2, 0.25) is 0 Å². The van der Waals surface area contributed by atoms with Crippen LogP contribution in [0.3, 0.4) is 0 Å². The molecule has 3 heteroatoms. The van der Waals surface area contributed by atoms with Crippen LogP contribution in [0, 0.1) is 31.3 Å². The molecular weight excluding hydrogens is 479 g/mol. The summed E-state index contributed by atoms with van der Waals surface area (Å²) in [5.74, 6) is 0. The van der Waals surface area contributed by atoms with Crippen molar-refractivity contribution in [3.8, 4) is 21.6 Å². The molecule has 0 amide bonds. The minimum absolute atomic E-state index is 1.33. The minimum Gasteiger partial charge on any atom is -0.148 e. The number of hydrogen-bond acceptors (Lipinski definition) is 2. The summed E-state index contributed by atoms with van der Waals surface area (Å²) >= 11 is 6.14. The Morgan fingerprint density at radius 3 is 1.70 bits per heavy atom. The summed E-state index contributed by atoms with van der Waals surface area (Å²) in [7, 11) is 0. The molecule has 0 bridgehead atoms. The van der Waals surface area contributed by atoms with Gasteiger partial charge in [0.15, 0.2) is 0 Å². The lowest BCUT2D eigenvalue weighted by molar-refractivity contribution is 1.45. The van der Waals surface area contributed by atoms with Crippen molar-refractivity contribution in [2.45, 2.75) is 27.7 Å². The zero-order chi connectivity index (χ0) is 19.4. The van der Waals surface area contributed by atoms with Crippen molar-refractivity contribution in [3.63, 3.8) is 0 Å². The number of benzene rings is 2. The van der Waals surface area contributed by atoms with Crippen molar-refractivity contribution in [1.82, 2.24) is 0 Å². The second-order valence-corrected chi connectivity index (χ2v) is 9.90. The molecule has 0 radical (unpaired) electrons. The molecule has 0 saturated heterocycles. The largest absolute Gasteiger partial charge is 0.148 e. The van der Waals surface area contributed by atoms with E-state index in [9.17, 15) is 0 Å². The van der Waals surface area contributed by atoms with E-state index in [1.54, 1.807) is 0 Å². The molecule has 0 spiro atoms. The highest BCUT2D eigenvalue weighted by atomic mass is 127. The SMILES string of the molecule is Cc1csc(C)c1-c1ccccc1.Cc1sc(-c2ccccc2)c(C)c1I. The van der Waals surface area contributed by atoms with E-state index in [0.717, 1.165) is 0 Å². The number of rotatable bonds is 2. The summed E-state index contributed by atoms with van der Waals surface area (Å²) in [4.78, 5) is 4.23. The Labute approximate surface area is 184 Å². The van der Waals surface area contributed by atoms with E-state index in [4.69, 9.17) is 0 Å². The van der Waals surface area contributed by atoms with E-state index < -0.39 is 0 Å². The van der Waals surface area contributed by atoms with Crippen molar-refractivity contribution in [2.75, 3.05) is 0 Å². The van der Waals surface area contributed by atoms with Crippen LogP contribution in [0.1, 0.15) is 20.9 Å². The normalized spacial score (nSPS) is 10.4. The molecule has 0 aliphatic heterocycles. The first-order valence-corrected chi connectivity index (χ1v) is 11.7. The lowest BCUT2D eigenvalue weighted by atomic mass is 10.0. The van der Waals surface area contributed by atoms with E-state index in [-0.39, 0.29) is 0 Å². The van der Waals surface area contributed by atoms with Gasteiger partial charge in [-0.25, -0.2) is 0 Å². The monoisotopic (exact) mass is 502 g/mol. The molecule has 0 unspecified atom stereocenters. The van der Waals surface area contributed by atoms with Crippen LogP contribution >= 0.6 is 45.3 Å². The molecule has 2 aromatic carbocycles. The minimum atomic E-state index is 1.33. The van der Waals surface area contributed by atoms with Gasteiger partial charge in [0.1, 0.15) is 0 Å². The molecule has 0 saturated carbocycles. The smallest absolute Gasteiger partial charge is 0.0385 e. The number of halogens is 1. The first-order valence-electron chi connectivity index (χ1n) is 8.90. The fourth-order valence-electron chi connectivity index (χ4n) is 3.11. The van der Waals surface area contributed by atoms with Crippen molar-refractivity contribution in [2.24, 2.45) is 0 Å². The van der Waals surface area contributed by atoms with Gasteiger partial charge in [-0.15, -0.1) is 22.7 Å². The highest BCUT2D eigenvalue weighted by Crippen LogP contribution is 2.36. The second-order valence-electron chi connectivity index (χ2n) is 6.51. The summed E-state index contributed by atoms with van der Waals surface area (Å²) in [6, 6.07) is 21.2. The lowest BCUT2D eigenvalue weighted by Gasteiger charge is -2.01. The fraction of sp³-hybridized carbons (Fsp3) is 0.167. The molecule has 0 atom stereocenters. The maximum absolute atomic E-state index is 2.43. The van der Waals surface area contributed by atoms with Gasteiger partial charge in [-0.05, 0) is 83.5 Å². The van der Waals surface area contributed by atoms with Crippen LogP contribution in [0.2, 0.25) is 0 Å². The van der Waals surface area contributed by atoms with Gasteiger partial charge in [0, 0.05) is 18.2 Å². The molecule has 4 aromatic rings. The van der Waals surface area contributed by atoms with Crippen molar-refractivity contribution in [3.05, 3.63) is 90.5 Å². The van der Waals surface area contributed by atoms with Gasteiger partial charge in [-0.3, -0.25) is 0 Å². The zero-order valence-electron chi connectivity index (χ0n) is 16.0. The van der Waals surface area contributed by atoms with Crippen molar-refractivity contribution in [1.29, 1.82) is 0 Å². The van der Waals surface area contributed by atoms with Crippen LogP contribution in [0.5, 0.6) is 0 Å². The highest BCUT2D eigenvalue weighted by Gasteiger charge is 2.10. The molecule has 2 aromatic heterocycles. The van der Waals surface area contributed by atoms with Crippen LogP contribution < -0.4 is 0 Å². The van der Waals surface area contributed by atoms with Crippen LogP contribution in [-0.2, 0) is 0 Å². The van der Waals surface area contributed by atoms with E-state index in [2.05, 4.69) is 116 Å². The first-order chi connectivity index (χ1) is 13.0. The summed E-state index contributed by atoms with van der Waals surface area (Å²) in [6.45, 7) is 8.74. The van der Waals surface area contributed by atoms with E-state index >= 15 is 0 Å². The summed E-state index contributed by atoms with van der Waals surface area (Å²) in [5, 5.41) is 2.22. The predicted octanol–water partition coefficient (Wildman–Crippen LogP) is 8.67. The van der Waals surface area contributed by atoms with Gasteiger partial charge in [0.05, 0.1) is 0 Å². The molecule has 4 rings (SSSR count). The van der Waals surface area contributed by atoms with Gasteiger partial charge < -0.3 is 0 Å². The van der Waals surface area contributed by atoms with Gasteiger partial charge >= 0.3 is 0 Å². The first kappa shape index (κ1) is 20.3. The van der Waals surface area contributed by atoms with Crippen molar-refractivity contribution < 1.29 is 0 Å². The average Bonchev–Trinajstić information content (AvgIpc) is 3.17. The Morgan fingerprint density at radius 2 is 1.26 bits per heavy atom. The number of aryl methyl sites for hydroxylation is 3. The van der Waals surface area contributed by atoms with Crippen LogP contribution in [0.25, 0.3) is 21.6 Å². The molecule has 0 fully saturated rings. The van der Waals surface area contributed by atoms with Gasteiger partial charge in [-0.1, -0.05) is 60.7 Å². The Morgan fingerprint density at radius 1 is 0.704 bits per heavy atom. The van der Waals surface area contributed by atoms with Gasteiger partial charge in [-0.2, -0.15) is 0 Å². The number of hydrogen-bond donors (Lipinski definition) is 0. The summed E-state index contributed by atoms with van der Waals surface area (Å²) < 4.78 is 1.41. The van der Waals surface area contributed by atoms with E-state index in [1.807, 2.05) is 22.7 Å². The third-order valence-electron chi connectivity index (χ3n) is 4.49. The van der Waals surface area contributed by atoms with Gasteiger partial charge in [0.25, 0.3) is 0 Å². The molecule has 27 heavy (non-hydrogen) atoms. The van der Waals surface area contributed by atoms with E-state index in [0.29, 0.717) is 0 Å². The lowest BCUT2D eigenvalue weighted by Crippen LogP contribution is -1.78.